The molecule has 0 bridgehead atoms. The van der Waals surface area contributed by atoms with Crippen LogP contribution >= 0.6 is 12.2 Å². The van der Waals surface area contributed by atoms with Crippen molar-refractivity contribution in [1.82, 2.24) is 15.1 Å². The number of rotatable bonds is 5. The molecule has 2 heterocycles. The second-order valence-electron chi connectivity index (χ2n) is 6.12. The second kappa shape index (κ2) is 6.66. The SMILES string of the molecule is Cc1nnc(NCC2CCN(C(C)C)C2)c(C(N)=S)c1C. The Morgan fingerprint density at radius 1 is 1.43 bits per heavy atom. The van der Waals surface area contributed by atoms with E-state index < -0.39 is 0 Å². The van der Waals surface area contributed by atoms with Gasteiger partial charge in [-0.1, -0.05) is 12.2 Å². The summed E-state index contributed by atoms with van der Waals surface area (Å²) in [4.78, 5) is 2.88. The number of likely N-dealkylation sites (tertiary alicyclic amines) is 1. The Morgan fingerprint density at radius 3 is 2.71 bits per heavy atom. The monoisotopic (exact) mass is 307 g/mol. The van der Waals surface area contributed by atoms with Crippen LogP contribution in [0.15, 0.2) is 0 Å². The lowest BCUT2D eigenvalue weighted by Crippen LogP contribution is -2.29. The zero-order chi connectivity index (χ0) is 15.6. The van der Waals surface area contributed by atoms with Gasteiger partial charge in [-0.25, -0.2) is 0 Å². The predicted octanol–water partition coefficient (Wildman–Crippen LogP) is 1.87. The Bertz CT molecular complexity index is 529. The van der Waals surface area contributed by atoms with E-state index in [-0.39, 0.29) is 0 Å². The number of nitrogens with one attached hydrogen (secondary N) is 1. The van der Waals surface area contributed by atoms with Gasteiger partial charge in [0.25, 0.3) is 0 Å². The van der Waals surface area contributed by atoms with Crippen LogP contribution in [-0.2, 0) is 0 Å². The zero-order valence-corrected chi connectivity index (χ0v) is 14.1. The average molecular weight is 307 g/mol. The maximum Gasteiger partial charge on any atom is 0.159 e. The molecule has 1 atom stereocenters. The van der Waals surface area contributed by atoms with Gasteiger partial charge in [0, 0.05) is 19.1 Å². The molecule has 1 unspecified atom stereocenters. The highest BCUT2D eigenvalue weighted by molar-refractivity contribution is 7.80. The van der Waals surface area contributed by atoms with Gasteiger partial charge in [-0.3, -0.25) is 0 Å². The Balaban J connectivity index is 2.04. The van der Waals surface area contributed by atoms with Crippen LogP contribution in [0.4, 0.5) is 5.82 Å². The third-order valence-corrected chi connectivity index (χ3v) is 4.51. The van der Waals surface area contributed by atoms with Gasteiger partial charge in [0.05, 0.1) is 11.3 Å². The number of thiocarbonyl (C=S) groups is 1. The highest BCUT2D eigenvalue weighted by Crippen LogP contribution is 2.22. The first-order valence-corrected chi connectivity index (χ1v) is 7.92. The summed E-state index contributed by atoms with van der Waals surface area (Å²) >= 11 is 5.16. The third-order valence-electron chi connectivity index (χ3n) is 4.31. The van der Waals surface area contributed by atoms with E-state index in [1.807, 2.05) is 13.8 Å². The van der Waals surface area contributed by atoms with Crippen molar-refractivity contribution in [2.75, 3.05) is 25.0 Å². The van der Waals surface area contributed by atoms with Crippen molar-refractivity contribution in [3.8, 4) is 0 Å². The number of anilines is 1. The molecule has 0 aliphatic carbocycles. The molecule has 5 nitrogen and oxygen atoms in total. The normalized spacial score (nSPS) is 19.2. The number of hydrogen-bond acceptors (Lipinski definition) is 5. The predicted molar refractivity (Wildman–Crippen MR) is 90.7 cm³/mol. The van der Waals surface area contributed by atoms with Crippen molar-refractivity contribution in [3.63, 3.8) is 0 Å². The molecule has 1 aliphatic rings. The van der Waals surface area contributed by atoms with E-state index in [1.165, 1.54) is 13.0 Å². The van der Waals surface area contributed by atoms with E-state index in [2.05, 4.69) is 34.3 Å². The third kappa shape index (κ3) is 3.68. The summed E-state index contributed by atoms with van der Waals surface area (Å²) in [5.74, 6) is 1.35. The topological polar surface area (TPSA) is 67.1 Å². The van der Waals surface area contributed by atoms with E-state index in [1.54, 1.807) is 0 Å². The van der Waals surface area contributed by atoms with E-state index in [4.69, 9.17) is 18.0 Å². The van der Waals surface area contributed by atoms with Crippen LogP contribution in [0.3, 0.4) is 0 Å². The zero-order valence-electron chi connectivity index (χ0n) is 13.3. The summed E-state index contributed by atoms with van der Waals surface area (Å²) in [6.45, 7) is 11.6. The molecular formula is C15H25N5S. The summed E-state index contributed by atoms with van der Waals surface area (Å²) < 4.78 is 0. The molecule has 0 aromatic carbocycles. The van der Waals surface area contributed by atoms with Gasteiger partial charge in [-0.05, 0) is 52.1 Å². The smallest absolute Gasteiger partial charge is 0.159 e. The molecule has 3 N–H and O–H groups in total. The average Bonchev–Trinajstić information content (AvgIpc) is 2.88. The van der Waals surface area contributed by atoms with Gasteiger partial charge in [0.2, 0.25) is 0 Å². The minimum absolute atomic E-state index is 0.378. The Morgan fingerprint density at radius 2 is 2.14 bits per heavy atom. The molecule has 0 radical (unpaired) electrons. The Hall–Kier alpha value is -1.27. The molecule has 1 aromatic rings. The summed E-state index contributed by atoms with van der Waals surface area (Å²) in [7, 11) is 0. The largest absolute Gasteiger partial charge is 0.389 e. The van der Waals surface area contributed by atoms with E-state index >= 15 is 0 Å². The lowest BCUT2D eigenvalue weighted by molar-refractivity contribution is 0.266. The van der Waals surface area contributed by atoms with Crippen molar-refractivity contribution in [1.29, 1.82) is 0 Å². The van der Waals surface area contributed by atoms with Crippen LogP contribution in [0.1, 0.15) is 37.1 Å². The Labute approximate surface area is 132 Å². The summed E-state index contributed by atoms with van der Waals surface area (Å²) in [5.41, 5.74) is 8.56. The van der Waals surface area contributed by atoms with Crippen LogP contribution in [0.2, 0.25) is 0 Å². The van der Waals surface area contributed by atoms with Gasteiger partial charge in [-0.2, -0.15) is 5.10 Å². The lowest BCUT2D eigenvalue weighted by Gasteiger charge is -2.20. The highest BCUT2D eigenvalue weighted by Gasteiger charge is 2.24. The van der Waals surface area contributed by atoms with Crippen molar-refractivity contribution in [3.05, 3.63) is 16.8 Å². The number of nitrogens with zero attached hydrogens (tertiary/aromatic N) is 3. The fraction of sp³-hybridized carbons (Fsp3) is 0.667. The first-order valence-electron chi connectivity index (χ1n) is 7.51. The fourth-order valence-electron chi connectivity index (χ4n) is 2.77. The lowest BCUT2D eigenvalue weighted by atomic mass is 10.1. The van der Waals surface area contributed by atoms with E-state index in [9.17, 15) is 0 Å². The molecule has 0 saturated carbocycles. The maximum absolute atomic E-state index is 5.85. The van der Waals surface area contributed by atoms with Crippen molar-refractivity contribution in [2.45, 2.75) is 40.2 Å². The molecule has 6 heteroatoms. The van der Waals surface area contributed by atoms with Gasteiger partial charge >= 0.3 is 0 Å². The number of nitrogens with two attached hydrogens (primary N) is 1. The van der Waals surface area contributed by atoms with Crippen LogP contribution in [0, 0.1) is 19.8 Å². The minimum Gasteiger partial charge on any atom is -0.389 e. The van der Waals surface area contributed by atoms with Crippen molar-refractivity contribution < 1.29 is 0 Å². The van der Waals surface area contributed by atoms with Crippen molar-refractivity contribution >= 4 is 23.0 Å². The Kier molecular flexibility index (Phi) is 5.11. The van der Waals surface area contributed by atoms with Crippen molar-refractivity contribution in [2.24, 2.45) is 11.7 Å². The molecule has 0 spiro atoms. The first kappa shape index (κ1) is 16.1. The van der Waals surface area contributed by atoms with E-state index in [0.29, 0.717) is 22.8 Å². The molecule has 1 aromatic heterocycles. The number of aryl methyl sites for hydroxylation is 1. The first-order chi connectivity index (χ1) is 9.90. The van der Waals surface area contributed by atoms with Gasteiger partial charge in [-0.15, -0.1) is 5.10 Å². The summed E-state index contributed by atoms with van der Waals surface area (Å²) in [6, 6.07) is 0.614. The molecule has 0 amide bonds. The minimum atomic E-state index is 0.378. The standard InChI is InChI=1S/C15H25N5S/c1-9(2)20-6-5-12(8-20)7-17-15-13(14(16)21)10(3)11(4)18-19-15/h9,12H,5-8H2,1-4H3,(H2,16,21)(H,17,19). The molecule has 2 rings (SSSR count). The van der Waals surface area contributed by atoms with Gasteiger partial charge in [0.1, 0.15) is 4.99 Å². The summed E-state index contributed by atoms with van der Waals surface area (Å²) in [6.07, 6.45) is 1.21. The maximum atomic E-state index is 5.85. The van der Waals surface area contributed by atoms with Crippen LogP contribution in [0.5, 0.6) is 0 Å². The molecule has 1 saturated heterocycles. The second-order valence-corrected chi connectivity index (χ2v) is 6.56. The molecule has 21 heavy (non-hydrogen) atoms. The molecular weight excluding hydrogens is 282 g/mol. The van der Waals surface area contributed by atoms with Gasteiger partial charge in [0.15, 0.2) is 5.82 Å². The molecule has 1 fully saturated rings. The molecule has 116 valence electrons. The quantitative estimate of drug-likeness (QED) is 0.810. The molecule has 1 aliphatic heterocycles. The van der Waals surface area contributed by atoms with Crippen LogP contribution in [-0.4, -0.2) is 45.8 Å². The summed E-state index contributed by atoms with van der Waals surface area (Å²) in [5, 5.41) is 11.8. The highest BCUT2D eigenvalue weighted by atomic mass is 32.1. The number of hydrogen-bond donors (Lipinski definition) is 2. The van der Waals surface area contributed by atoms with Crippen LogP contribution in [0.25, 0.3) is 0 Å². The van der Waals surface area contributed by atoms with Gasteiger partial charge < -0.3 is 16.0 Å². The number of aromatic nitrogens is 2. The fourth-order valence-corrected chi connectivity index (χ4v) is 3.02. The van der Waals surface area contributed by atoms with Crippen LogP contribution < -0.4 is 11.1 Å². The van der Waals surface area contributed by atoms with E-state index in [0.717, 1.165) is 29.9 Å².